The zero-order valence-corrected chi connectivity index (χ0v) is 18.4. The first-order valence-corrected chi connectivity index (χ1v) is 8.91. The molecule has 2 aromatic carbocycles. The van der Waals surface area contributed by atoms with Gasteiger partial charge < -0.3 is 14.6 Å². The average Bonchev–Trinajstić information content (AvgIpc) is 3.15. The Kier molecular flexibility index (Phi) is 6.74. The van der Waals surface area contributed by atoms with Crippen LogP contribution in [0.2, 0.25) is 0 Å². The predicted molar refractivity (Wildman–Crippen MR) is 101 cm³/mol. The van der Waals surface area contributed by atoms with Gasteiger partial charge in [-0.15, -0.1) is 5.10 Å². The quantitative estimate of drug-likeness (QED) is 0.439. The molecule has 0 unspecified atom stereocenters. The van der Waals surface area contributed by atoms with Crippen molar-refractivity contribution in [2.24, 2.45) is 0 Å². The van der Waals surface area contributed by atoms with E-state index in [1.165, 1.54) is 18.2 Å². The van der Waals surface area contributed by atoms with E-state index in [4.69, 9.17) is 4.74 Å². The molecule has 0 spiro atoms. The van der Waals surface area contributed by atoms with Crippen LogP contribution in [0.5, 0.6) is 5.88 Å². The molecule has 152 valence electrons. The standard InChI is InChI=1S/C22H15F3N2O3.Na/c23-22(24,25)17-7-1-4-14(10-17)13-30-20-12-18-8-3-9-19(27(18)26-20)15-5-2-6-16(11-15)21(28)29;/h1-12H,13H2,(H,28,29);/q;+1/p-1. The summed E-state index contributed by atoms with van der Waals surface area (Å²) in [5.41, 5.74) is 1.60. The number of rotatable bonds is 5. The normalized spacial score (nSPS) is 11.2. The van der Waals surface area contributed by atoms with E-state index in [2.05, 4.69) is 5.10 Å². The Morgan fingerprint density at radius 3 is 2.48 bits per heavy atom. The minimum absolute atomic E-state index is 0. The topological polar surface area (TPSA) is 66.7 Å². The summed E-state index contributed by atoms with van der Waals surface area (Å²) in [7, 11) is 0. The molecule has 9 heteroatoms. The average molecular weight is 434 g/mol. The van der Waals surface area contributed by atoms with Crippen molar-refractivity contribution in [3.8, 4) is 17.1 Å². The van der Waals surface area contributed by atoms with Crippen LogP contribution in [0, 0.1) is 0 Å². The van der Waals surface area contributed by atoms with Gasteiger partial charge in [0.05, 0.1) is 22.7 Å². The molecule has 0 amide bonds. The van der Waals surface area contributed by atoms with E-state index in [0.717, 1.165) is 12.1 Å². The Bertz CT molecular complexity index is 1240. The smallest absolute Gasteiger partial charge is 0.545 e. The summed E-state index contributed by atoms with van der Waals surface area (Å²) in [6.07, 6.45) is -4.42. The molecule has 0 saturated carbocycles. The van der Waals surface area contributed by atoms with Gasteiger partial charge in [0.1, 0.15) is 6.61 Å². The van der Waals surface area contributed by atoms with Crippen molar-refractivity contribution in [1.82, 2.24) is 9.61 Å². The van der Waals surface area contributed by atoms with E-state index in [-0.39, 0.29) is 47.6 Å². The first-order valence-electron chi connectivity index (χ1n) is 8.91. The molecule has 0 saturated heterocycles. The van der Waals surface area contributed by atoms with Crippen LogP contribution in [0.3, 0.4) is 0 Å². The van der Waals surface area contributed by atoms with Crippen molar-refractivity contribution in [2.75, 3.05) is 0 Å². The third kappa shape index (κ3) is 5.10. The van der Waals surface area contributed by atoms with Gasteiger partial charge in [-0.05, 0) is 41.5 Å². The molecule has 0 aliphatic heterocycles. The molecular formula is C22H14F3N2NaO3. The molecular weight excluding hydrogens is 420 g/mol. The summed E-state index contributed by atoms with van der Waals surface area (Å²) in [6, 6.07) is 18.2. The van der Waals surface area contributed by atoms with E-state index in [0.29, 0.717) is 22.3 Å². The fraction of sp³-hybridized carbons (Fsp3) is 0.0909. The molecule has 4 rings (SSSR count). The van der Waals surface area contributed by atoms with Gasteiger partial charge in [-0.1, -0.05) is 36.4 Å². The molecule has 5 nitrogen and oxygen atoms in total. The van der Waals surface area contributed by atoms with Crippen molar-refractivity contribution in [2.45, 2.75) is 12.8 Å². The van der Waals surface area contributed by atoms with Crippen LogP contribution in [0.25, 0.3) is 16.8 Å². The minimum Gasteiger partial charge on any atom is -0.545 e. The van der Waals surface area contributed by atoms with Crippen LogP contribution in [0.4, 0.5) is 13.2 Å². The van der Waals surface area contributed by atoms with Crippen LogP contribution in [-0.2, 0) is 12.8 Å². The third-order valence-electron chi connectivity index (χ3n) is 4.50. The van der Waals surface area contributed by atoms with E-state index >= 15 is 0 Å². The number of alkyl halides is 3. The maximum absolute atomic E-state index is 12.9. The number of benzene rings is 2. The summed E-state index contributed by atoms with van der Waals surface area (Å²) < 4.78 is 45.7. The number of hydrogen-bond acceptors (Lipinski definition) is 4. The SMILES string of the molecule is O=C([O-])c1cccc(-c2cccc3cc(OCc4cccc(C(F)(F)F)c4)nn23)c1.[Na+]. The first-order chi connectivity index (χ1) is 14.3. The summed E-state index contributed by atoms with van der Waals surface area (Å²) in [5, 5.41) is 15.5. The second-order valence-corrected chi connectivity index (χ2v) is 6.59. The Balaban J connectivity index is 0.00000272. The fourth-order valence-corrected chi connectivity index (χ4v) is 3.08. The van der Waals surface area contributed by atoms with Crippen LogP contribution in [0.1, 0.15) is 21.5 Å². The molecule has 2 aromatic heterocycles. The second kappa shape index (κ2) is 9.13. The molecule has 0 atom stereocenters. The zero-order valence-electron chi connectivity index (χ0n) is 16.4. The maximum atomic E-state index is 12.9. The van der Waals surface area contributed by atoms with Crippen molar-refractivity contribution in [1.29, 1.82) is 0 Å². The van der Waals surface area contributed by atoms with Crippen LogP contribution in [-0.4, -0.2) is 15.6 Å². The van der Waals surface area contributed by atoms with E-state index in [1.54, 1.807) is 47.0 Å². The van der Waals surface area contributed by atoms with Gasteiger partial charge in [-0.25, -0.2) is 4.52 Å². The molecule has 2 heterocycles. The molecule has 0 aliphatic carbocycles. The monoisotopic (exact) mass is 434 g/mol. The first kappa shape index (κ1) is 22.9. The predicted octanol–water partition coefficient (Wildman–Crippen LogP) is 0.967. The Morgan fingerprint density at radius 1 is 1.00 bits per heavy atom. The fourth-order valence-electron chi connectivity index (χ4n) is 3.08. The van der Waals surface area contributed by atoms with Gasteiger partial charge in [0.2, 0.25) is 5.88 Å². The number of carboxylic acid groups (broad SMARTS) is 1. The Hall–Kier alpha value is -2.81. The van der Waals surface area contributed by atoms with Gasteiger partial charge in [0, 0.05) is 11.6 Å². The number of aromatic nitrogens is 2. The number of halogens is 3. The number of carbonyl (C=O) groups is 1. The number of carbonyl (C=O) groups excluding carboxylic acids is 1. The van der Waals surface area contributed by atoms with Crippen LogP contribution in [0.15, 0.2) is 72.8 Å². The molecule has 0 N–H and O–H groups in total. The van der Waals surface area contributed by atoms with Gasteiger partial charge in [0.15, 0.2) is 0 Å². The number of pyridine rings is 1. The van der Waals surface area contributed by atoms with Crippen molar-refractivity contribution < 1.29 is 57.4 Å². The number of ether oxygens (including phenoxy) is 1. The van der Waals surface area contributed by atoms with Gasteiger partial charge in [0.25, 0.3) is 0 Å². The Morgan fingerprint density at radius 2 is 1.74 bits per heavy atom. The molecule has 0 radical (unpaired) electrons. The van der Waals surface area contributed by atoms with Crippen molar-refractivity contribution in [3.63, 3.8) is 0 Å². The number of hydrogen-bond donors (Lipinski definition) is 0. The summed E-state index contributed by atoms with van der Waals surface area (Å²) >= 11 is 0. The molecule has 31 heavy (non-hydrogen) atoms. The van der Waals surface area contributed by atoms with Gasteiger partial charge in [-0.2, -0.15) is 13.2 Å². The summed E-state index contributed by atoms with van der Waals surface area (Å²) in [6.45, 7) is -0.0801. The molecule has 4 aromatic rings. The van der Waals surface area contributed by atoms with Crippen molar-refractivity contribution in [3.05, 3.63) is 89.5 Å². The van der Waals surface area contributed by atoms with Crippen molar-refractivity contribution >= 4 is 11.5 Å². The van der Waals surface area contributed by atoms with Crippen LogP contribution < -0.4 is 39.4 Å². The van der Waals surface area contributed by atoms with E-state index < -0.39 is 17.7 Å². The Labute approximate surface area is 197 Å². The maximum Gasteiger partial charge on any atom is 1.00 e. The third-order valence-corrected chi connectivity index (χ3v) is 4.50. The number of aromatic carboxylic acids is 1. The van der Waals surface area contributed by atoms with Crippen LogP contribution >= 0.6 is 0 Å². The number of fused-ring (bicyclic) bond motifs is 1. The summed E-state index contributed by atoms with van der Waals surface area (Å²) in [4.78, 5) is 11.1. The molecule has 0 bridgehead atoms. The number of carboxylic acids is 1. The zero-order chi connectivity index (χ0) is 21.3. The molecule has 0 aliphatic rings. The minimum atomic E-state index is -4.42. The van der Waals surface area contributed by atoms with Gasteiger partial charge >= 0.3 is 35.7 Å². The summed E-state index contributed by atoms with van der Waals surface area (Å²) in [5.74, 6) is -1.05. The molecule has 0 fully saturated rings. The second-order valence-electron chi connectivity index (χ2n) is 6.59. The van der Waals surface area contributed by atoms with E-state index in [9.17, 15) is 23.1 Å². The number of nitrogens with zero attached hydrogens (tertiary/aromatic N) is 2. The largest absolute Gasteiger partial charge is 1.00 e. The van der Waals surface area contributed by atoms with Gasteiger partial charge in [-0.3, -0.25) is 0 Å². The van der Waals surface area contributed by atoms with E-state index in [1.807, 2.05) is 0 Å².